The Hall–Kier alpha value is -0.840. The van der Waals surface area contributed by atoms with Crippen LogP contribution in [0.4, 0.5) is 4.39 Å². The van der Waals surface area contributed by atoms with E-state index in [2.05, 4.69) is 4.90 Å². The Morgan fingerprint density at radius 3 is 2.68 bits per heavy atom. The number of hydrogen-bond donors (Lipinski definition) is 1. The van der Waals surface area contributed by atoms with Gasteiger partial charge in [0.25, 0.3) is 0 Å². The van der Waals surface area contributed by atoms with Crippen LogP contribution in [0, 0.1) is 11.7 Å². The first-order valence-electron chi connectivity index (χ1n) is 5.98. The van der Waals surface area contributed by atoms with Gasteiger partial charge in [0.2, 0.25) is 0 Å². The minimum atomic E-state index is -0.784. The van der Waals surface area contributed by atoms with Crippen LogP contribution in [0.3, 0.4) is 0 Å². The van der Waals surface area contributed by atoms with Crippen LogP contribution < -0.4 is 0 Å². The van der Waals surface area contributed by atoms with Gasteiger partial charge in [0.1, 0.15) is 5.82 Å². The lowest BCUT2D eigenvalue weighted by Gasteiger charge is -2.43. The van der Waals surface area contributed by atoms with Crippen molar-refractivity contribution >= 4 is 29.2 Å². The number of hydrogen-bond acceptors (Lipinski definition) is 2. The summed E-state index contributed by atoms with van der Waals surface area (Å²) in [5.74, 6) is -1.11. The third-order valence-corrected chi connectivity index (χ3v) is 4.10. The number of likely N-dealkylation sites (tertiary alicyclic amines) is 1. The molecular weight excluding hydrogens is 292 g/mol. The van der Waals surface area contributed by atoms with Gasteiger partial charge in [-0.15, -0.1) is 0 Å². The molecule has 1 aromatic rings. The van der Waals surface area contributed by atoms with E-state index >= 15 is 0 Å². The molecule has 3 nitrogen and oxygen atoms in total. The summed E-state index contributed by atoms with van der Waals surface area (Å²) in [5, 5.41) is 9.14. The van der Waals surface area contributed by atoms with Crippen LogP contribution in [0.15, 0.2) is 12.1 Å². The molecule has 1 heterocycles. The molecule has 6 heteroatoms. The Balaban J connectivity index is 2.04. The number of benzene rings is 1. The second-order valence-electron chi connectivity index (χ2n) is 4.88. The second kappa shape index (κ2) is 5.65. The summed E-state index contributed by atoms with van der Waals surface area (Å²) in [4.78, 5) is 12.7. The van der Waals surface area contributed by atoms with Crippen molar-refractivity contribution in [3.05, 3.63) is 33.6 Å². The molecular formula is C13H14Cl2FNO2. The lowest BCUT2D eigenvalue weighted by molar-refractivity contribution is -0.139. The molecule has 19 heavy (non-hydrogen) atoms. The molecule has 1 N–H and O–H groups in total. The summed E-state index contributed by atoms with van der Waals surface area (Å²) in [6.45, 7) is 3.30. The van der Waals surface area contributed by atoms with Crippen molar-refractivity contribution < 1.29 is 14.3 Å². The van der Waals surface area contributed by atoms with E-state index in [1.165, 1.54) is 12.1 Å². The number of rotatable bonds is 4. The van der Waals surface area contributed by atoms with Gasteiger partial charge >= 0.3 is 5.97 Å². The molecule has 0 saturated carbocycles. The van der Waals surface area contributed by atoms with Crippen molar-refractivity contribution in [2.75, 3.05) is 13.1 Å². The van der Waals surface area contributed by atoms with Crippen LogP contribution in [-0.2, 0) is 4.79 Å². The zero-order chi connectivity index (χ0) is 14.2. The molecule has 1 saturated heterocycles. The Labute approximate surface area is 120 Å². The van der Waals surface area contributed by atoms with E-state index in [0.29, 0.717) is 23.7 Å². The van der Waals surface area contributed by atoms with Crippen molar-refractivity contribution in [1.29, 1.82) is 0 Å². The first-order valence-corrected chi connectivity index (χ1v) is 6.74. The van der Waals surface area contributed by atoms with Crippen LogP contribution in [0.5, 0.6) is 0 Å². The van der Waals surface area contributed by atoms with Crippen molar-refractivity contribution in [3.8, 4) is 0 Å². The fraction of sp³-hybridized carbons (Fsp3) is 0.462. The normalized spacial score (nSPS) is 18.1. The van der Waals surface area contributed by atoms with Crippen molar-refractivity contribution in [2.45, 2.75) is 19.4 Å². The van der Waals surface area contributed by atoms with Gasteiger partial charge in [0.05, 0.1) is 11.4 Å². The van der Waals surface area contributed by atoms with E-state index in [1.807, 2.05) is 6.92 Å². The molecule has 1 fully saturated rings. The molecule has 0 aromatic heterocycles. The Kier molecular flexibility index (Phi) is 4.33. The van der Waals surface area contributed by atoms with Crippen LogP contribution in [-0.4, -0.2) is 29.1 Å². The Bertz CT molecular complexity index is 504. The van der Waals surface area contributed by atoms with E-state index < -0.39 is 11.8 Å². The Morgan fingerprint density at radius 1 is 1.47 bits per heavy atom. The molecule has 104 valence electrons. The molecule has 0 bridgehead atoms. The number of carboxylic acids is 1. The van der Waals surface area contributed by atoms with E-state index in [4.69, 9.17) is 28.3 Å². The predicted octanol–water partition coefficient (Wildman–Crippen LogP) is 3.60. The monoisotopic (exact) mass is 305 g/mol. The van der Waals surface area contributed by atoms with E-state index in [1.54, 1.807) is 0 Å². The smallest absolute Gasteiger partial charge is 0.303 e. The highest BCUT2D eigenvalue weighted by Gasteiger charge is 2.33. The molecule has 1 aliphatic heterocycles. The van der Waals surface area contributed by atoms with Crippen LogP contribution in [0.25, 0.3) is 0 Å². The number of carbonyl (C=O) groups is 1. The van der Waals surface area contributed by atoms with E-state index in [9.17, 15) is 9.18 Å². The van der Waals surface area contributed by atoms with E-state index in [0.717, 1.165) is 0 Å². The number of aliphatic carboxylic acids is 1. The van der Waals surface area contributed by atoms with Gasteiger partial charge in [0.15, 0.2) is 0 Å². The molecule has 2 rings (SSSR count). The summed E-state index contributed by atoms with van der Waals surface area (Å²) in [7, 11) is 0. The summed E-state index contributed by atoms with van der Waals surface area (Å²) in [5.41, 5.74) is 0.678. The fourth-order valence-corrected chi connectivity index (χ4v) is 2.90. The molecule has 1 atom stereocenters. The number of nitrogens with zero attached hydrogens (tertiary/aromatic N) is 1. The third kappa shape index (κ3) is 3.19. The summed E-state index contributed by atoms with van der Waals surface area (Å²) in [6.07, 6.45) is 0.173. The first-order chi connectivity index (χ1) is 8.88. The molecule has 0 aliphatic carbocycles. The van der Waals surface area contributed by atoms with E-state index in [-0.39, 0.29) is 23.4 Å². The van der Waals surface area contributed by atoms with Crippen molar-refractivity contribution in [2.24, 2.45) is 5.92 Å². The first kappa shape index (κ1) is 14.6. The topological polar surface area (TPSA) is 40.5 Å². The van der Waals surface area contributed by atoms with Gasteiger partial charge in [-0.2, -0.15) is 0 Å². The van der Waals surface area contributed by atoms with Gasteiger partial charge in [-0.3, -0.25) is 9.69 Å². The van der Waals surface area contributed by atoms with Gasteiger partial charge in [-0.05, 0) is 30.5 Å². The van der Waals surface area contributed by atoms with Crippen LogP contribution >= 0.6 is 23.2 Å². The highest BCUT2D eigenvalue weighted by Crippen LogP contribution is 2.35. The van der Waals surface area contributed by atoms with Gasteiger partial charge in [0, 0.05) is 24.2 Å². The summed E-state index contributed by atoms with van der Waals surface area (Å²) >= 11 is 11.7. The quantitative estimate of drug-likeness (QED) is 0.864. The number of carboxylic acid groups (broad SMARTS) is 1. The zero-order valence-corrected chi connectivity index (χ0v) is 11.9. The minimum Gasteiger partial charge on any atom is -0.481 e. The molecule has 0 amide bonds. The zero-order valence-electron chi connectivity index (χ0n) is 10.4. The van der Waals surface area contributed by atoms with Gasteiger partial charge < -0.3 is 5.11 Å². The largest absolute Gasteiger partial charge is 0.481 e. The predicted molar refractivity (Wildman–Crippen MR) is 72.2 cm³/mol. The highest BCUT2D eigenvalue weighted by molar-refractivity contribution is 6.35. The molecule has 0 spiro atoms. The number of halogens is 3. The van der Waals surface area contributed by atoms with Crippen molar-refractivity contribution in [1.82, 2.24) is 4.90 Å². The average Bonchev–Trinajstić information content (AvgIpc) is 2.27. The fourth-order valence-electron chi connectivity index (χ4n) is 2.36. The maximum absolute atomic E-state index is 13.5. The van der Waals surface area contributed by atoms with Crippen LogP contribution in [0.1, 0.15) is 24.9 Å². The molecule has 1 unspecified atom stereocenters. The standard InChI is InChI=1S/C13H14Cl2FNO2/c1-7(17-5-8(6-17)2-13(18)19)9-3-12(16)11(15)4-10(9)14/h3-4,7-8H,2,5-6H2,1H3,(H,18,19). The lowest BCUT2D eigenvalue weighted by Crippen LogP contribution is -2.48. The summed E-state index contributed by atoms with van der Waals surface area (Å²) in [6, 6.07) is 2.70. The van der Waals surface area contributed by atoms with Crippen molar-refractivity contribution in [3.63, 3.8) is 0 Å². The minimum absolute atomic E-state index is 0.00770. The summed E-state index contributed by atoms with van der Waals surface area (Å²) < 4.78 is 13.5. The van der Waals surface area contributed by atoms with Gasteiger partial charge in [-0.25, -0.2) is 4.39 Å². The molecule has 1 aliphatic rings. The second-order valence-corrected chi connectivity index (χ2v) is 5.70. The maximum atomic E-state index is 13.5. The lowest BCUT2D eigenvalue weighted by atomic mass is 9.92. The SMILES string of the molecule is CC(c1cc(F)c(Cl)cc1Cl)N1CC(CC(=O)O)C1. The maximum Gasteiger partial charge on any atom is 0.303 e. The molecule has 1 aromatic carbocycles. The third-order valence-electron chi connectivity index (χ3n) is 3.49. The van der Waals surface area contributed by atoms with Gasteiger partial charge in [-0.1, -0.05) is 23.2 Å². The molecule has 0 radical (unpaired) electrons. The highest BCUT2D eigenvalue weighted by atomic mass is 35.5. The van der Waals surface area contributed by atoms with Crippen LogP contribution in [0.2, 0.25) is 10.0 Å². The Morgan fingerprint density at radius 2 is 2.11 bits per heavy atom. The average molecular weight is 306 g/mol.